The topological polar surface area (TPSA) is 119 Å². The maximum absolute atomic E-state index is 13.7. The van der Waals surface area contributed by atoms with Crippen molar-refractivity contribution in [2.24, 2.45) is 0 Å². The van der Waals surface area contributed by atoms with Gasteiger partial charge in [0, 0.05) is 47.3 Å². The van der Waals surface area contributed by atoms with E-state index >= 15 is 0 Å². The van der Waals surface area contributed by atoms with Crippen molar-refractivity contribution >= 4 is 56.8 Å². The molecule has 10 rings (SSSR count). The molecule has 0 radical (unpaired) electrons. The van der Waals surface area contributed by atoms with Crippen molar-refractivity contribution in [2.45, 2.75) is 12.4 Å². The number of hydrogen-bond acceptors (Lipinski definition) is 6. The Kier molecular flexibility index (Phi) is 14.6. The molecule has 0 saturated carbocycles. The highest BCUT2D eigenvalue weighted by Gasteiger charge is 2.37. The van der Waals surface area contributed by atoms with Crippen molar-refractivity contribution in [1.82, 2.24) is 28.7 Å². The molecule has 19 heteroatoms. The number of carbonyl (C=O) groups excluding carboxylic acids is 2. The summed E-state index contributed by atoms with van der Waals surface area (Å²) in [4.78, 5) is 42.3. The van der Waals surface area contributed by atoms with Crippen LogP contribution in [0.3, 0.4) is 0 Å². The highest BCUT2D eigenvalue weighted by molar-refractivity contribution is 14.1. The monoisotopic (exact) mass is 1080 g/mol. The molecule has 0 aliphatic carbocycles. The standard InChI is InChI=1S/C26H16F4N4O.C21H13F4N3O.C5H4IN/c27-17-7-9-18(10-8-17)33-25(35)20-14-16(6-11-21(20)26(28,29)30)19-4-3-13-34-23(19)15-32-24(34)22-5-1-2-12-31-22;22-14-4-6-15(7-5-14)27-20(29)17-10-13(3-8-18(17)21(23,24)25)16-2-1-9-28-12-26-11-19(16)28;6-5-3-1-2-4-7-5/h1-15H,(H,33,35);1-12H,(H,27,29);1-4H. The van der Waals surface area contributed by atoms with Gasteiger partial charge in [-0.2, -0.15) is 26.3 Å². The summed E-state index contributed by atoms with van der Waals surface area (Å²) in [6, 6.07) is 34.5. The summed E-state index contributed by atoms with van der Waals surface area (Å²) in [5.41, 5.74) is 1.19. The molecular weight excluding hydrogens is 1050 g/mol. The Balaban J connectivity index is 0.000000169. The molecule has 0 aliphatic heterocycles. The minimum atomic E-state index is -4.75. The summed E-state index contributed by atoms with van der Waals surface area (Å²) in [5, 5.41) is 4.79. The molecule has 0 fully saturated rings. The summed E-state index contributed by atoms with van der Waals surface area (Å²) in [6.45, 7) is 0. The zero-order valence-corrected chi connectivity index (χ0v) is 38.5. The summed E-state index contributed by atoms with van der Waals surface area (Å²) in [7, 11) is 0. The second kappa shape index (κ2) is 21.1. The lowest BCUT2D eigenvalue weighted by molar-refractivity contribution is -0.138. The average Bonchev–Trinajstić information content (AvgIpc) is 4.04. The Labute approximate surface area is 411 Å². The van der Waals surface area contributed by atoms with Crippen LogP contribution >= 0.6 is 22.6 Å². The number of rotatable bonds is 7. The van der Waals surface area contributed by atoms with Gasteiger partial charge in [-0.25, -0.2) is 18.7 Å². The third-order valence-corrected chi connectivity index (χ3v) is 11.1. The minimum Gasteiger partial charge on any atom is -0.322 e. The Morgan fingerprint density at radius 2 is 1.06 bits per heavy atom. The molecule has 71 heavy (non-hydrogen) atoms. The zero-order chi connectivity index (χ0) is 50.3. The summed E-state index contributed by atoms with van der Waals surface area (Å²) in [6.07, 6.45) is 2.27. The van der Waals surface area contributed by atoms with E-state index in [0.717, 1.165) is 40.1 Å². The van der Waals surface area contributed by atoms with Crippen molar-refractivity contribution in [1.29, 1.82) is 0 Å². The first-order chi connectivity index (χ1) is 34.0. The van der Waals surface area contributed by atoms with Gasteiger partial charge in [0.25, 0.3) is 11.8 Å². The van der Waals surface area contributed by atoms with E-state index in [2.05, 4.69) is 53.2 Å². The quantitative estimate of drug-likeness (QED) is 0.0932. The van der Waals surface area contributed by atoms with E-state index < -0.39 is 58.1 Å². The van der Waals surface area contributed by atoms with Crippen LogP contribution in [0.1, 0.15) is 31.8 Å². The van der Waals surface area contributed by atoms with Crippen molar-refractivity contribution in [3.8, 4) is 33.8 Å². The maximum Gasteiger partial charge on any atom is 0.417 e. The Hall–Kier alpha value is -8.33. The van der Waals surface area contributed by atoms with Gasteiger partial charge in [0.2, 0.25) is 0 Å². The molecular formula is C52H33F8IN8O2. The number of imidazole rings is 2. The normalized spacial score (nSPS) is 11.3. The zero-order valence-electron chi connectivity index (χ0n) is 36.3. The van der Waals surface area contributed by atoms with Crippen LogP contribution in [0.2, 0.25) is 0 Å². The fraction of sp³-hybridized carbons (Fsp3) is 0.0385. The van der Waals surface area contributed by atoms with E-state index in [1.807, 2.05) is 24.3 Å². The van der Waals surface area contributed by atoms with Gasteiger partial charge in [-0.3, -0.25) is 24.0 Å². The molecule has 0 aliphatic rings. The smallest absolute Gasteiger partial charge is 0.322 e. The highest BCUT2D eigenvalue weighted by Crippen LogP contribution is 2.38. The lowest BCUT2D eigenvalue weighted by atomic mass is 9.98. The molecule has 10 aromatic rings. The van der Waals surface area contributed by atoms with E-state index in [4.69, 9.17) is 0 Å². The fourth-order valence-electron chi connectivity index (χ4n) is 7.24. The SMILES string of the molecule is Ic1ccccn1.O=C(Nc1ccc(F)cc1)c1cc(-c2cccn3c(-c4ccccn4)ncc23)ccc1C(F)(F)F.O=C(Nc1ccc(F)cc1)c1cc(-c2cccn3cncc23)ccc1C(F)(F)F. The van der Waals surface area contributed by atoms with Crippen LogP contribution in [0.4, 0.5) is 46.5 Å². The third kappa shape index (κ3) is 11.8. The van der Waals surface area contributed by atoms with Crippen molar-refractivity contribution < 1.29 is 44.7 Å². The van der Waals surface area contributed by atoms with Crippen LogP contribution in [0.5, 0.6) is 0 Å². The van der Waals surface area contributed by atoms with Crippen molar-refractivity contribution in [2.75, 3.05) is 10.6 Å². The van der Waals surface area contributed by atoms with Gasteiger partial charge in [0.1, 0.15) is 21.0 Å². The predicted molar refractivity (Wildman–Crippen MR) is 260 cm³/mol. The Morgan fingerprint density at radius 1 is 0.535 bits per heavy atom. The predicted octanol–water partition coefficient (Wildman–Crippen LogP) is 13.6. The second-order valence-electron chi connectivity index (χ2n) is 15.2. The number of aromatic nitrogens is 6. The first kappa shape index (κ1) is 49.1. The number of amides is 2. The molecule has 0 spiro atoms. The number of hydrogen-bond donors (Lipinski definition) is 2. The summed E-state index contributed by atoms with van der Waals surface area (Å²) >= 11 is 2.17. The lowest BCUT2D eigenvalue weighted by Gasteiger charge is -2.15. The van der Waals surface area contributed by atoms with Gasteiger partial charge in [-0.1, -0.05) is 36.4 Å². The van der Waals surface area contributed by atoms with Crippen LogP contribution in [-0.2, 0) is 12.4 Å². The number of alkyl halides is 6. The number of anilines is 2. The fourth-order valence-corrected chi connectivity index (χ4v) is 7.61. The summed E-state index contributed by atoms with van der Waals surface area (Å²) < 4.78 is 112. The van der Waals surface area contributed by atoms with Gasteiger partial charge < -0.3 is 15.0 Å². The van der Waals surface area contributed by atoms with Gasteiger partial charge in [0.05, 0.1) is 52.0 Å². The summed E-state index contributed by atoms with van der Waals surface area (Å²) in [5.74, 6) is -2.37. The molecule has 6 aromatic heterocycles. The molecule has 0 unspecified atom stereocenters. The van der Waals surface area contributed by atoms with Crippen LogP contribution in [0.15, 0.2) is 189 Å². The first-order valence-electron chi connectivity index (χ1n) is 21.0. The number of pyridine rings is 4. The van der Waals surface area contributed by atoms with Crippen LogP contribution in [0.25, 0.3) is 44.8 Å². The third-order valence-electron chi connectivity index (χ3n) is 10.5. The number of nitrogens with one attached hydrogen (secondary N) is 2. The van der Waals surface area contributed by atoms with Crippen LogP contribution in [-0.4, -0.2) is 40.6 Å². The molecule has 4 aromatic carbocycles. The Bertz CT molecular complexity index is 3480. The largest absolute Gasteiger partial charge is 0.417 e. The van der Waals surface area contributed by atoms with Crippen LogP contribution < -0.4 is 10.6 Å². The first-order valence-corrected chi connectivity index (χ1v) is 22.0. The molecule has 10 nitrogen and oxygen atoms in total. The van der Waals surface area contributed by atoms with E-state index in [-0.39, 0.29) is 11.4 Å². The number of nitrogens with zero attached hydrogens (tertiary/aromatic N) is 6. The molecule has 2 amide bonds. The van der Waals surface area contributed by atoms with Gasteiger partial charge >= 0.3 is 12.4 Å². The van der Waals surface area contributed by atoms with Crippen LogP contribution in [0, 0.1) is 15.3 Å². The molecule has 6 heterocycles. The molecule has 0 saturated heterocycles. The van der Waals surface area contributed by atoms with E-state index in [1.165, 1.54) is 48.5 Å². The lowest BCUT2D eigenvalue weighted by Crippen LogP contribution is -2.19. The number of benzene rings is 4. The highest BCUT2D eigenvalue weighted by atomic mass is 127. The molecule has 2 N–H and O–H groups in total. The van der Waals surface area contributed by atoms with E-state index in [1.54, 1.807) is 88.7 Å². The minimum absolute atomic E-state index is 0.174. The second-order valence-corrected chi connectivity index (χ2v) is 16.3. The maximum atomic E-state index is 13.7. The van der Waals surface area contributed by atoms with Gasteiger partial charge in [-0.15, -0.1) is 0 Å². The van der Waals surface area contributed by atoms with E-state index in [0.29, 0.717) is 44.8 Å². The molecule has 0 bridgehead atoms. The van der Waals surface area contributed by atoms with Crippen molar-refractivity contribution in [3.63, 3.8) is 0 Å². The molecule has 0 atom stereocenters. The average molecular weight is 1080 g/mol. The number of carbonyl (C=O) groups is 2. The Morgan fingerprint density at radius 3 is 1.54 bits per heavy atom. The van der Waals surface area contributed by atoms with Gasteiger partial charge in [0.15, 0.2) is 5.82 Å². The number of halogens is 9. The van der Waals surface area contributed by atoms with E-state index in [9.17, 15) is 44.7 Å². The molecule has 356 valence electrons. The van der Waals surface area contributed by atoms with Gasteiger partial charge in [-0.05, 0) is 143 Å². The van der Waals surface area contributed by atoms with Crippen molar-refractivity contribution in [3.05, 3.63) is 227 Å². The number of fused-ring (bicyclic) bond motifs is 2.